The normalized spacial score (nSPS) is 15.3. The molecule has 0 heterocycles. The summed E-state index contributed by atoms with van der Waals surface area (Å²) < 4.78 is 0. The SMILES string of the molecule is CC(C)C(NC(=O)C(CC(=O)O)NC(=O)C(N)C(C)O)C(=O)NC(Cc1ccc(O)cc1)C(=O)O. The molecule has 1 aromatic carbocycles. The number of carbonyl (C=O) groups is 5. The molecule has 0 aromatic heterocycles. The van der Waals surface area contributed by atoms with E-state index in [0.717, 1.165) is 0 Å². The largest absolute Gasteiger partial charge is 0.508 e. The van der Waals surface area contributed by atoms with Crippen LogP contribution < -0.4 is 21.7 Å². The lowest BCUT2D eigenvalue weighted by Gasteiger charge is -2.27. The first kappa shape index (κ1) is 29.3. The number of aromatic hydroxyl groups is 1. The maximum atomic E-state index is 12.9. The van der Waals surface area contributed by atoms with Crippen molar-refractivity contribution in [2.75, 3.05) is 0 Å². The number of aliphatic hydroxyl groups excluding tert-OH is 1. The van der Waals surface area contributed by atoms with E-state index < -0.39 is 72.3 Å². The molecule has 194 valence electrons. The van der Waals surface area contributed by atoms with E-state index in [1.807, 2.05) is 0 Å². The van der Waals surface area contributed by atoms with Gasteiger partial charge in [0, 0.05) is 6.42 Å². The highest BCUT2D eigenvalue weighted by Crippen LogP contribution is 2.12. The number of hydrogen-bond acceptors (Lipinski definition) is 8. The van der Waals surface area contributed by atoms with Gasteiger partial charge in [-0.2, -0.15) is 0 Å². The summed E-state index contributed by atoms with van der Waals surface area (Å²) in [5, 5.41) is 44.3. The van der Waals surface area contributed by atoms with Crippen molar-refractivity contribution in [3.05, 3.63) is 29.8 Å². The number of carboxylic acids is 2. The molecule has 0 spiro atoms. The number of amides is 3. The second-order valence-electron chi connectivity index (χ2n) is 8.43. The van der Waals surface area contributed by atoms with Gasteiger partial charge >= 0.3 is 11.9 Å². The zero-order valence-corrected chi connectivity index (χ0v) is 19.6. The van der Waals surface area contributed by atoms with Crippen LogP contribution in [0, 0.1) is 5.92 Å². The van der Waals surface area contributed by atoms with Gasteiger partial charge in [0.2, 0.25) is 17.7 Å². The molecule has 13 heteroatoms. The number of nitrogens with two attached hydrogens (primary N) is 1. The Kier molecular flexibility index (Phi) is 11.1. The van der Waals surface area contributed by atoms with Crippen molar-refractivity contribution in [1.82, 2.24) is 16.0 Å². The minimum Gasteiger partial charge on any atom is -0.508 e. The molecular weight excluding hydrogens is 464 g/mol. The van der Waals surface area contributed by atoms with Gasteiger partial charge in [0.25, 0.3) is 0 Å². The minimum absolute atomic E-state index is 0.00958. The molecule has 0 aliphatic rings. The number of aliphatic hydroxyl groups is 1. The summed E-state index contributed by atoms with van der Waals surface area (Å²) in [6.07, 6.45) is -2.19. The second kappa shape index (κ2) is 13.2. The third-order valence-electron chi connectivity index (χ3n) is 5.07. The van der Waals surface area contributed by atoms with Gasteiger partial charge in [-0.25, -0.2) is 4.79 Å². The number of benzene rings is 1. The quantitative estimate of drug-likeness (QED) is 0.154. The van der Waals surface area contributed by atoms with Gasteiger partial charge in [-0.15, -0.1) is 0 Å². The van der Waals surface area contributed by atoms with Crippen molar-refractivity contribution in [3.63, 3.8) is 0 Å². The van der Waals surface area contributed by atoms with E-state index in [1.165, 1.54) is 31.2 Å². The Morgan fingerprint density at radius 1 is 0.857 bits per heavy atom. The van der Waals surface area contributed by atoms with Crippen molar-refractivity contribution >= 4 is 29.7 Å². The van der Waals surface area contributed by atoms with Gasteiger partial charge in [-0.3, -0.25) is 19.2 Å². The smallest absolute Gasteiger partial charge is 0.326 e. The summed E-state index contributed by atoms with van der Waals surface area (Å²) >= 11 is 0. The monoisotopic (exact) mass is 496 g/mol. The summed E-state index contributed by atoms with van der Waals surface area (Å²) in [6, 6.07) is 0.0882. The highest BCUT2D eigenvalue weighted by Gasteiger charge is 2.33. The molecule has 13 nitrogen and oxygen atoms in total. The number of hydrogen-bond donors (Lipinski definition) is 8. The van der Waals surface area contributed by atoms with Crippen molar-refractivity contribution in [3.8, 4) is 5.75 Å². The Labute approximate surface area is 201 Å². The van der Waals surface area contributed by atoms with Crippen LogP contribution in [0.1, 0.15) is 32.8 Å². The number of nitrogens with one attached hydrogen (secondary N) is 3. The molecule has 0 aliphatic heterocycles. The van der Waals surface area contributed by atoms with Gasteiger partial charge in [-0.1, -0.05) is 26.0 Å². The molecule has 0 saturated carbocycles. The lowest BCUT2D eigenvalue weighted by molar-refractivity contribution is -0.143. The van der Waals surface area contributed by atoms with Crippen LogP contribution >= 0.6 is 0 Å². The average Bonchev–Trinajstić information content (AvgIpc) is 2.76. The van der Waals surface area contributed by atoms with Crippen molar-refractivity contribution < 1.29 is 44.4 Å². The third kappa shape index (κ3) is 9.59. The highest BCUT2D eigenvalue weighted by atomic mass is 16.4. The summed E-state index contributed by atoms with van der Waals surface area (Å²) in [5.41, 5.74) is 6.04. The summed E-state index contributed by atoms with van der Waals surface area (Å²) in [6.45, 7) is 4.40. The Hall–Kier alpha value is -3.71. The Balaban J connectivity index is 2.99. The highest BCUT2D eigenvalue weighted by molar-refractivity contribution is 5.95. The van der Waals surface area contributed by atoms with Gasteiger partial charge in [-0.05, 0) is 30.5 Å². The van der Waals surface area contributed by atoms with Crippen LogP contribution in [-0.4, -0.2) is 80.4 Å². The fraction of sp³-hybridized carbons (Fsp3) is 0.500. The fourth-order valence-electron chi connectivity index (χ4n) is 2.99. The molecule has 1 aromatic rings. The molecule has 0 saturated heterocycles. The van der Waals surface area contributed by atoms with Crippen molar-refractivity contribution in [1.29, 1.82) is 0 Å². The first-order valence-corrected chi connectivity index (χ1v) is 10.8. The van der Waals surface area contributed by atoms with Crippen LogP contribution in [0.15, 0.2) is 24.3 Å². The lowest BCUT2D eigenvalue weighted by Crippen LogP contribution is -2.59. The maximum Gasteiger partial charge on any atom is 0.326 e. The predicted octanol–water partition coefficient (Wildman–Crippen LogP) is -1.69. The Morgan fingerprint density at radius 3 is 1.86 bits per heavy atom. The van der Waals surface area contributed by atoms with Gasteiger partial charge < -0.3 is 42.1 Å². The molecule has 5 atom stereocenters. The minimum atomic E-state index is -1.61. The molecule has 0 bridgehead atoms. The number of phenols is 1. The van der Waals surface area contributed by atoms with Gasteiger partial charge in [0.1, 0.15) is 29.9 Å². The van der Waals surface area contributed by atoms with Crippen LogP contribution in [0.3, 0.4) is 0 Å². The fourth-order valence-corrected chi connectivity index (χ4v) is 2.99. The molecular formula is C22H32N4O9. The van der Waals surface area contributed by atoms with E-state index in [-0.39, 0.29) is 12.2 Å². The number of carboxylic acid groups (broad SMARTS) is 2. The zero-order valence-electron chi connectivity index (χ0n) is 19.6. The van der Waals surface area contributed by atoms with E-state index in [4.69, 9.17) is 10.8 Å². The molecule has 3 amide bonds. The molecule has 9 N–H and O–H groups in total. The van der Waals surface area contributed by atoms with Gasteiger partial charge in [0.05, 0.1) is 12.5 Å². The number of rotatable bonds is 13. The van der Waals surface area contributed by atoms with Crippen molar-refractivity contribution in [2.45, 2.75) is 63.9 Å². The van der Waals surface area contributed by atoms with E-state index in [9.17, 15) is 39.3 Å². The predicted molar refractivity (Wildman–Crippen MR) is 122 cm³/mol. The van der Waals surface area contributed by atoms with Crippen LogP contribution in [0.2, 0.25) is 0 Å². The standard InChI is InChI=1S/C22H32N4O9/c1-10(2)18(21(33)25-15(22(34)35)8-12-4-6-13(28)7-5-12)26-19(31)14(9-16(29)30)24-20(32)17(23)11(3)27/h4-7,10-11,14-15,17-18,27-28H,8-9,23H2,1-3H3,(H,24,32)(H,25,33)(H,26,31)(H,29,30)(H,34,35). The molecule has 35 heavy (non-hydrogen) atoms. The molecule has 5 unspecified atom stereocenters. The molecule has 0 aliphatic carbocycles. The number of aliphatic carboxylic acids is 2. The van der Waals surface area contributed by atoms with Crippen LogP contribution in [0.5, 0.6) is 5.75 Å². The zero-order chi connectivity index (χ0) is 26.9. The van der Waals surface area contributed by atoms with E-state index in [1.54, 1.807) is 13.8 Å². The topological polar surface area (TPSA) is 228 Å². The van der Waals surface area contributed by atoms with E-state index in [2.05, 4.69) is 16.0 Å². The second-order valence-corrected chi connectivity index (χ2v) is 8.43. The average molecular weight is 497 g/mol. The summed E-state index contributed by atoms with van der Waals surface area (Å²) in [7, 11) is 0. The van der Waals surface area contributed by atoms with Gasteiger partial charge in [0.15, 0.2) is 0 Å². The molecule has 1 rings (SSSR count). The number of carbonyl (C=O) groups excluding carboxylic acids is 3. The van der Waals surface area contributed by atoms with E-state index >= 15 is 0 Å². The number of phenolic OH excluding ortho intramolecular Hbond substituents is 1. The van der Waals surface area contributed by atoms with Crippen LogP contribution in [-0.2, 0) is 30.4 Å². The summed E-state index contributed by atoms with van der Waals surface area (Å²) in [4.78, 5) is 60.6. The van der Waals surface area contributed by atoms with Crippen LogP contribution in [0.4, 0.5) is 0 Å². The van der Waals surface area contributed by atoms with E-state index in [0.29, 0.717) is 5.56 Å². The lowest BCUT2D eigenvalue weighted by atomic mass is 10.0. The first-order valence-electron chi connectivity index (χ1n) is 10.8. The summed E-state index contributed by atoms with van der Waals surface area (Å²) in [5.74, 6) is -6.09. The van der Waals surface area contributed by atoms with Crippen molar-refractivity contribution in [2.24, 2.45) is 11.7 Å². The third-order valence-corrected chi connectivity index (χ3v) is 5.07. The molecule has 0 radical (unpaired) electrons. The van der Waals surface area contributed by atoms with Crippen LogP contribution in [0.25, 0.3) is 0 Å². The first-order chi connectivity index (χ1) is 16.2. The Bertz CT molecular complexity index is 918. The molecule has 0 fully saturated rings. The Morgan fingerprint density at radius 2 is 1.40 bits per heavy atom. The maximum absolute atomic E-state index is 12.9.